The van der Waals surface area contributed by atoms with E-state index in [1.165, 1.54) is 0 Å². The van der Waals surface area contributed by atoms with Crippen LogP contribution < -0.4 is 5.32 Å². The van der Waals surface area contributed by atoms with E-state index in [9.17, 15) is 20.1 Å². The van der Waals surface area contributed by atoms with Crippen molar-refractivity contribution in [3.05, 3.63) is 0 Å². The molecule has 4 aliphatic rings. The van der Waals surface area contributed by atoms with Crippen molar-refractivity contribution in [3.63, 3.8) is 0 Å². The third-order valence-corrected chi connectivity index (χ3v) is 12.2. The fraction of sp³-hybridized carbons (Fsp3) is 0.968. The number of nitrogens with one attached hydrogen (secondary N) is 1. The van der Waals surface area contributed by atoms with Crippen LogP contribution in [0.4, 0.5) is 0 Å². The molecule has 0 spiro atoms. The SMILES string of the molecule is CCC[N+](C)(C)CCNC(=O)CC[C@@H](C)[C@H]1CCC2C3C(C[C@H](O)[C@@]21C)[C@@]1(C)CC[C@@H](O)CC1C[C@H]3O. The molecule has 4 fully saturated rings. The van der Waals surface area contributed by atoms with Gasteiger partial charge >= 0.3 is 0 Å². The largest absolute Gasteiger partial charge is 0.393 e. The Morgan fingerprint density at radius 1 is 1.03 bits per heavy atom. The molecule has 0 bridgehead atoms. The third kappa shape index (κ3) is 5.51. The van der Waals surface area contributed by atoms with Gasteiger partial charge in [-0.25, -0.2) is 0 Å². The van der Waals surface area contributed by atoms with Crippen LogP contribution in [0.3, 0.4) is 0 Å². The molecule has 1 amide bonds. The van der Waals surface area contributed by atoms with Crippen LogP contribution in [0.1, 0.15) is 91.9 Å². The van der Waals surface area contributed by atoms with Crippen LogP contribution in [-0.2, 0) is 4.79 Å². The Bertz CT molecular complexity index is 804. The molecule has 0 saturated heterocycles. The number of carbonyl (C=O) groups excluding carboxylic acids is 1. The second kappa shape index (κ2) is 11.1. The minimum absolute atomic E-state index is 0.109. The maximum Gasteiger partial charge on any atom is 0.220 e. The van der Waals surface area contributed by atoms with Crippen molar-refractivity contribution in [2.45, 2.75) is 110 Å². The fourth-order valence-electron chi connectivity index (χ4n) is 10.00. The Balaban J connectivity index is 1.38. The van der Waals surface area contributed by atoms with E-state index < -0.39 is 0 Å². The van der Waals surface area contributed by atoms with Crippen molar-refractivity contribution < 1.29 is 24.6 Å². The molecule has 0 aliphatic heterocycles. The first-order valence-electron chi connectivity index (χ1n) is 15.5. The summed E-state index contributed by atoms with van der Waals surface area (Å²) in [7, 11) is 4.44. The number of hydrogen-bond donors (Lipinski definition) is 4. The standard InChI is InChI=1S/C31H56N2O4/c1-7-15-33(5,6)16-14-32-28(37)11-8-20(2)23-9-10-24-29-25(19-27(36)31(23,24)4)30(3)13-12-22(34)17-21(30)18-26(29)35/h20-27,29,34-36H,7-19H2,1-6H3/p+1/t20-,21?,22-,23-,24?,25?,26-,27+,29?,30+,31-/m1/s1. The van der Waals surface area contributed by atoms with Gasteiger partial charge in [0.1, 0.15) is 0 Å². The number of fused-ring (bicyclic) bond motifs is 5. The highest BCUT2D eigenvalue weighted by Crippen LogP contribution is 2.68. The van der Waals surface area contributed by atoms with Crippen molar-refractivity contribution in [1.29, 1.82) is 0 Å². The Kier molecular flexibility index (Phi) is 8.76. The van der Waals surface area contributed by atoms with Crippen LogP contribution in [0.15, 0.2) is 0 Å². The molecule has 4 rings (SSSR count). The van der Waals surface area contributed by atoms with E-state index in [2.05, 4.69) is 47.1 Å². The lowest BCUT2D eigenvalue weighted by atomic mass is 9.43. The Hall–Kier alpha value is -0.690. The molecule has 6 heteroatoms. The van der Waals surface area contributed by atoms with Crippen molar-refractivity contribution >= 4 is 5.91 Å². The van der Waals surface area contributed by atoms with Gasteiger partial charge in [0.25, 0.3) is 0 Å². The van der Waals surface area contributed by atoms with E-state index in [0.717, 1.165) is 81.9 Å². The highest BCUT2D eigenvalue weighted by molar-refractivity contribution is 5.75. The lowest BCUT2D eigenvalue weighted by Crippen LogP contribution is -2.62. The minimum Gasteiger partial charge on any atom is -0.393 e. The monoisotopic (exact) mass is 521 g/mol. The van der Waals surface area contributed by atoms with Crippen LogP contribution in [-0.4, -0.2) is 77.8 Å². The molecule has 4 aliphatic carbocycles. The number of aliphatic hydroxyl groups excluding tert-OH is 3. The maximum atomic E-state index is 12.6. The van der Waals surface area contributed by atoms with E-state index in [4.69, 9.17) is 0 Å². The predicted molar refractivity (Wildman–Crippen MR) is 148 cm³/mol. The van der Waals surface area contributed by atoms with Gasteiger partial charge in [0.05, 0.1) is 52.0 Å². The van der Waals surface area contributed by atoms with Crippen LogP contribution in [0, 0.1) is 46.3 Å². The van der Waals surface area contributed by atoms with Crippen molar-refractivity contribution in [3.8, 4) is 0 Å². The second-order valence-electron chi connectivity index (χ2n) is 14.8. The van der Waals surface area contributed by atoms with Gasteiger partial charge in [-0.2, -0.15) is 0 Å². The van der Waals surface area contributed by atoms with Gasteiger partial charge in [-0.15, -0.1) is 0 Å². The number of hydrogen-bond acceptors (Lipinski definition) is 4. The second-order valence-corrected chi connectivity index (χ2v) is 14.8. The number of aliphatic hydroxyl groups is 3. The molecule has 6 nitrogen and oxygen atoms in total. The fourth-order valence-corrected chi connectivity index (χ4v) is 10.00. The summed E-state index contributed by atoms with van der Waals surface area (Å²) in [6.45, 7) is 12.0. The number of rotatable bonds is 9. The summed E-state index contributed by atoms with van der Waals surface area (Å²) >= 11 is 0. The topological polar surface area (TPSA) is 89.8 Å². The summed E-state index contributed by atoms with van der Waals surface area (Å²) in [4.78, 5) is 12.6. The van der Waals surface area contributed by atoms with Gasteiger partial charge in [0.2, 0.25) is 5.91 Å². The molecule has 0 aromatic rings. The highest BCUT2D eigenvalue weighted by atomic mass is 16.3. The van der Waals surface area contributed by atoms with E-state index in [1.54, 1.807) is 0 Å². The van der Waals surface area contributed by atoms with Crippen LogP contribution in [0.5, 0.6) is 0 Å². The molecule has 4 N–H and O–H groups in total. The van der Waals surface area contributed by atoms with Gasteiger partial charge in [0.15, 0.2) is 0 Å². The van der Waals surface area contributed by atoms with Gasteiger partial charge in [-0.05, 0) is 104 Å². The van der Waals surface area contributed by atoms with Crippen molar-refractivity contribution in [2.24, 2.45) is 46.3 Å². The molecule has 4 unspecified atom stereocenters. The molecule has 0 radical (unpaired) electrons. The first-order chi connectivity index (χ1) is 17.3. The lowest BCUT2D eigenvalue weighted by Gasteiger charge is -2.63. The van der Waals surface area contributed by atoms with E-state index in [-0.39, 0.29) is 41.0 Å². The summed E-state index contributed by atoms with van der Waals surface area (Å²) in [5.41, 5.74) is -0.0886. The van der Waals surface area contributed by atoms with E-state index in [1.807, 2.05) is 0 Å². The molecule has 11 atom stereocenters. The quantitative estimate of drug-likeness (QED) is 0.346. The molecule has 0 aromatic carbocycles. The van der Waals surface area contributed by atoms with Gasteiger partial charge in [0, 0.05) is 6.42 Å². The molecule has 214 valence electrons. The number of nitrogens with zero attached hydrogens (tertiary/aromatic N) is 1. The summed E-state index contributed by atoms with van der Waals surface area (Å²) < 4.78 is 0.932. The van der Waals surface area contributed by atoms with Crippen LogP contribution in [0.2, 0.25) is 0 Å². The first-order valence-corrected chi connectivity index (χ1v) is 15.5. The maximum absolute atomic E-state index is 12.6. The minimum atomic E-state index is -0.365. The zero-order chi connectivity index (χ0) is 27.2. The van der Waals surface area contributed by atoms with Gasteiger partial charge in [-0.3, -0.25) is 4.79 Å². The summed E-state index contributed by atoms with van der Waals surface area (Å²) in [5, 5.41) is 36.6. The summed E-state index contributed by atoms with van der Waals surface area (Å²) in [6.07, 6.45) is 7.98. The van der Waals surface area contributed by atoms with Crippen molar-refractivity contribution in [1.82, 2.24) is 5.32 Å². The molecule has 0 aromatic heterocycles. The zero-order valence-electron chi connectivity index (χ0n) is 24.6. The average Bonchev–Trinajstić information content (AvgIpc) is 3.17. The van der Waals surface area contributed by atoms with Crippen LogP contribution in [0.25, 0.3) is 0 Å². The summed E-state index contributed by atoms with van der Waals surface area (Å²) in [6, 6.07) is 0. The number of likely N-dealkylation sites (N-methyl/N-ethyl adjacent to an activating group) is 1. The zero-order valence-corrected chi connectivity index (χ0v) is 24.6. The Morgan fingerprint density at radius 3 is 2.46 bits per heavy atom. The van der Waals surface area contributed by atoms with Gasteiger partial charge < -0.3 is 25.1 Å². The normalized spacial score (nSPS) is 44.5. The molecular formula is C31H57N2O4+. The molecule has 37 heavy (non-hydrogen) atoms. The average molecular weight is 522 g/mol. The number of quaternary nitrogens is 1. The molecule has 0 heterocycles. The first kappa shape index (κ1) is 29.3. The number of carbonyl (C=O) groups is 1. The Morgan fingerprint density at radius 2 is 1.76 bits per heavy atom. The lowest BCUT2D eigenvalue weighted by molar-refractivity contribution is -0.889. The smallest absolute Gasteiger partial charge is 0.220 e. The summed E-state index contributed by atoms with van der Waals surface area (Å²) in [5.74, 6) is 2.16. The van der Waals surface area contributed by atoms with E-state index in [0.29, 0.717) is 36.0 Å². The van der Waals surface area contributed by atoms with Gasteiger partial charge in [-0.1, -0.05) is 27.7 Å². The van der Waals surface area contributed by atoms with E-state index >= 15 is 0 Å². The van der Waals surface area contributed by atoms with Crippen LogP contribution >= 0.6 is 0 Å². The number of amides is 1. The highest BCUT2D eigenvalue weighted by Gasteiger charge is 2.65. The molecular weight excluding hydrogens is 464 g/mol. The molecule has 4 saturated carbocycles. The predicted octanol–water partition coefficient (Wildman–Crippen LogP) is 3.97. The van der Waals surface area contributed by atoms with Crippen molar-refractivity contribution in [2.75, 3.05) is 33.7 Å². The third-order valence-electron chi connectivity index (χ3n) is 12.2. The Labute approximate surface area is 226 Å².